The molecule has 90 valence electrons. The molecule has 1 atom stereocenters. The third-order valence-electron chi connectivity index (χ3n) is 2.59. The molecular formula is C12H19NO2S. The van der Waals surface area contributed by atoms with Gasteiger partial charge in [0.2, 0.25) is 10.0 Å². The van der Waals surface area contributed by atoms with E-state index in [1.54, 1.807) is 6.07 Å². The van der Waals surface area contributed by atoms with Gasteiger partial charge in [0.05, 0.1) is 4.90 Å². The first-order chi connectivity index (χ1) is 7.36. The van der Waals surface area contributed by atoms with Crippen LogP contribution in [-0.4, -0.2) is 14.5 Å². The van der Waals surface area contributed by atoms with Crippen molar-refractivity contribution in [3.8, 4) is 0 Å². The molecule has 0 spiro atoms. The highest BCUT2D eigenvalue weighted by molar-refractivity contribution is 7.89. The number of rotatable bonds is 4. The van der Waals surface area contributed by atoms with Crippen LogP contribution < -0.4 is 4.72 Å². The molecule has 0 saturated heterocycles. The number of sulfonamides is 1. The van der Waals surface area contributed by atoms with E-state index in [-0.39, 0.29) is 6.04 Å². The third-order valence-corrected chi connectivity index (χ3v) is 4.34. The van der Waals surface area contributed by atoms with Crippen molar-refractivity contribution in [3.05, 3.63) is 29.3 Å². The zero-order valence-electron chi connectivity index (χ0n) is 10.2. The van der Waals surface area contributed by atoms with Crippen LogP contribution in [0.5, 0.6) is 0 Å². The summed E-state index contributed by atoms with van der Waals surface area (Å²) in [5.74, 6) is 0. The van der Waals surface area contributed by atoms with Crippen LogP contribution in [0.25, 0.3) is 0 Å². The lowest BCUT2D eigenvalue weighted by molar-refractivity contribution is 0.555. The Labute approximate surface area is 97.9 Å². The second-order valence-electron chi connectivity index (χ2n) is 4.20. The molecule has 0 bridgehead atoms. The van der Waals surface area contributed by atoms with Crippen LogP contribution in [0.2, 0.25) is 0 Å². The molecule has 0 aliphatic heterocycles. The molecule has 1 aromatic rings. The lowest BCUT2D eigenvalue weighted by Gasteiger charge is -2.13. The summed E-state index contributed by atoms with van der Waals surface area (Å²) < 4.78 is 26.7. The van der Waals surface area contributed by atoms with Crippen molar-refractivity contribution in [1.29, 1.82) is 0 Å². The van der Waals surface area contributed by atoms with Crippen LogP contribution >= 0.6 is 0 Å². The van der Waals surface area contributed by atoms with Crippen molar-refractivity contribution < 1.29 is 8.42 Å². The molecular weight excluding hydrogens is 222 g/mol. The Bertz CT molecular complexity index is 466. The number of benzene rings is 1. The summed E-state index contributed by atoms with van der Waals surface area (Å²) in [6, 6.07) is 5.32. The fourth-order valence-corrected chi connectivity index (χ4v) is 3.07. The van der Waals surface area contributed by atoms with E-state index in [1.807, 2.05) is 39.8 Å². The van der Waals surface area contributed by atoms with Gasteiger partial charge in [0.1, 0.15) is 0 Å². The number of hydrogen-bond donors (Lipinski definition) is 1. The molecule has 4 heteroatoms. The minimum absolute atomic E-state index is 0.0364. The van der Waals surface area contributed by atoms with E-state index in [0.29, 0.717) is 4.90 Å². The third kappa shape index (κ3) is 3.06. The molecule has 0 aromatic heterocycles. The largest absolute Gasteiger partial charge is 0.241 e. The Hall–Kier alpha value is -0.870. The zero-order valence-corrected chi connectivity index (χ0v) is 11.1. The number of nitrogens with one attached hydrogen (secondary N) is 1. The molecule has 0 amide bonds. The predicted octanol–water partition coefficient (Wildman–Crippen LogP) is 2.38. The van der Waals surface area contributed by atoms with Gasteiger partial charge in [-0.1, -0.05) is 24.6 Å². The summed E-state index contributed by atoms with van der Waals surface area (Å²) in [5.41, 5.74) is 1.86. The Balaban J connectivity index is 3.08. The summed E-state index contributed by atoms with van der Waals surface area (Å²) in [5, 5.41) is 0. The Morgan fingerprint density at radius 3 is 2.44 bits per heavy atom. The van der Waals surface area contributed by atoms with Crippen LogP contribution in [0, 0.1) is 13.8 Å². The molecule has 0 aliphatic rings. The zero-order chi connectivity index (χ0) is 12.3. The van der Waals surface area contributed by atoms with Gasteiger partial charge >= 0.3 is 0 Å². The van der Waals surface area contributed by atoms with Gasteiger partial charge in [-0.2, -0.15) is 0 Å². The van der Waals surface area contributed by atoms with E-state index >= 15 is 0 Å². The molecule has 1 N–H and O–H groups in total. The minimum atomic E-state index is -3.37. The van der Waals surface area contributed by atoms with E-state index in [1.165, 1.54) is 0 Å². The molecule has 0 fully saturated rings. The monoisotopic (exact) mass is 241 g/mol. The average molecular weight is 241 g/mol. The van der Waals surface area contributed by atoms with Gasteiger partial charge in [0.15, 0.2) is 0 Å². The van der Waals surface area contributed by atoms with E-state index in [9.17, 15) is 8.42 Å². The van der Waals surface area contributed by atoms with Gasteiger partial charge in [-0.05, 0) is 38.8 Å². The van der Waals surface area contributed by atoms with Gasteiger partial charge < -0.3 is 0 Å². The summed E-state index contributed by atoms with van der Waals surface area (Å²) in [6.07, 6.45) is 0.782. The second kappa shape index (κ2) is 4.97. The highest BCUT2D eigenvalue weighted by Crippen LogP contribution is 2.16. The fourth-order valence-electron chi connectivity index (χ4n) is 1.51. The first-order valence-corrected chi connectivity index (χ1v) is 6.94. The molecule has 0 saturated carbocycles. The maximum atomic E-state index is 12.0. The lowest BCUT2D eigenvalue weighted by atomic mass is 10.2. The molecule has 1 unspecified atom stereocenters. The minimum Gasteiger partial charge on any atom is -0.208 e. The van der Waals surface area contributed by atoms with Crippen LogP contribution in [-0.2, 0) is 10.0 Å². The standard InChI is InChI=1S/C12H19NO2S/c1-5-11(4)13-16(14,15)12-7-6-9(2)8-10(12)3/h6-8,11,13H,5H2,1-4H3. The van der Waals surface area contributed by atoms with Crippen molar-refractivity contribution >= 4 is 10.0 Å². The SMILES string of the molecule is CCC(C)NS(=O)(=O)c1ccc(C)cc1C. The molecule has 0 heterocycles. The second-order valence-corrected chi connectivity index (χ2v) is 5.88. The molecule has 1 aromatic carbocycles. The van der Waals surface area contributed by atoms with E-state index < -0.39 is 10.0 Å². The van der Waals surface area contributed by atoms with Crippen molar-refractivity contribution in [3.63, 3.8) is 0 Å². The summed E-state index contributed by atoms with van der Waals surface area (Å²) in [4.78, 5) is 0.374. The first kappa shape index (κ1) is 13.2. The first-order valence-electron chi connectivity index (χ1n) is 5.46. The Kier molecular flexibility index (Phi) is 4.10. The van der Waals surface area contributed by atoms with Gasteiger partial charge in [-0.15, -0.1) is 0 Å². The number of aryl methyl sites for hydroxylation is 2. The van der Waals surface area contributed by atoms with Crippen LogP contribution in [0.15, 0.2) is 23.1 Å². The topological polar surface area (TPSA) is 46.2 Å². The van der Waals surface area contributed by atoms with Gasteiger partial charge in [-0.3, -0.25) is 0 Å². The Morgan fingerprint density at radius 2 is 1.94 bits per heavy atom. The van der Waals surface area contributed by atoms with Gasteiger partial charge in [0, 0.05) is 6.04 Å². The van der Waals surface area contributed by atoms with Crippen molar-refractivity contribution in [2.24, 2.45) is 0 Å². The molecule has 3 nitrogen and oxygen atoms in total. The lowest BCUT2D eigenvalue weighted by Crippen LogP contribution is -2.32. The Morgan fingerprint density at radius 1 is 1.31 bits per heavy atom. The summed E-state index contributed by atoms with van der Waals surface area (Å²) in [6.45, 7) is 7.58. The maximum absolute atomic E-state index is 12.0. The number of hydrogen-bond acceptors (Lipinski definition) is 2. The highest BCUT2D eigenvalue weighted by atomic mass is 32.2. The van der Waals surface area contributed by atoms with Crippen LogP contribution in [0.3, 0.4) is 0 Å². The summed E-state index contributed by atoms with van der Waals surface area (Å²) in [7, 11) is -3.37. The quantitative estimate of drug-likeness (QED) is 0.879. The molecule has 1 rings (SSSR count). The van der Waals surface area contributed by atoms with Crippen LogP contribution in [0.4, 0.5) is 0 Å². The fraction of sp³-hybridized carbons (Fsp3) is 0.500. The van der Waals surface area contributed by atoms with E-state index in [4.69, 9.17) is 0 Å². The van der Waals surface area contributed by atoms with Crippen molar-refractivity contribution in [1.82, 2.24) is 4.72 Å². The normalized spacial score (nSPS) is 13.8. The van der Waals surface area contributed by atoms with E-state index in [0.717, 1.165) is 17.5 Å². The summed E-state index contributed by atoms with van der Waals surface area (Å²) >= 11 is 0. The van der Waals surface area contributed by atoms with Crippen molar-refractivity contribution in [2.45, 2.75) is 45.1 Å². The van der Waals surface area contributed by atoms with Crippen molar-refractivity contribution in [2.75, 3.05) is 0 Å². The van der Waals surface area contributed by atoms with Gasteiger partial charge in [-0.25, -0.2) is 13.1 Å². The highest BCUT2D eigenvalue weighted by Gasteiger charge is 2.18. The molecule has 16 heavy (non-hydrogen) atoms. The van der Waals surface area contributed by atoms with Crippen LogP contribution in [0.1, 0.15) is 31.4 Å². The molecule has 0 radical (unpaired) electrons. The van der Waals surface area contributed by atoms with E-state index in [2.05, 4.69) is 4.72 Å². The molecule has 0 aliphatic carbocycles. The smallest absolute Gasteiger partial charge is 0.208 e. The maximum Gasteiger partial charge on any atom is 0.241 e. The predicted molar refractivity (Wildman–Crippen MR) is 66.0 cm³/mol. The average Bonchev–Trinajstić information content (AvgIpc) is 2.16. The van der Waals surface area contributed by atoms with Gasteiger partial charge in [0.25, 0.3) is 0 Å².